The summed E-state index contributed by atoms with van der Waals surface area (Å²) in [7, 11) is 2.35. The molecular weight excluding hydrogens is 146 g/mol. The minimum atomic E-state index is -0.999. The minimum Gasteiger partial charge on any atom is -0.239 e. The molecule has 0 nitrogen and oxygen atoms in total. The third kappa shape index (κ3) is 2.20. The van der Waals surface area contributed by atoms with Crippen molar-refractivity contribution in [1.82, 2.24) is 0 Å². The van der Waals surface area contributed by atoms with Gasteiger partial charge in [0.15, 0.2) is 0 Å². The first kappa shape index (κ1) is 8.46. The smallest absolute Gasteiger partial charge is 0.126 e. The molecule has 1 aliphatic rings. The summed E-state index contributed by atoms with van der Waals surface area (Å²) in [5.74, 6) is 0.822. The Morgan fingerprint density at radius 1 is 1.60 bits per heavy atom. The standard InChI is InChI=1S/C8H16FP/c1-6(2)8(9,10)5-7-3-4-7/h6-7H,3-5,10H2,1-2H3. The first-order valence-electron chi connectivity index (χ1n) is 4.00. The monoisotopic (exact) mass is 162 g/mol. The summed E-state index contributed by atoms with van der Waals surface area (Å²) in [6.07, 6.45) is 3.23. The van der Waals surface area contributed by atoms with Gasteiger partial charge in [-0.15, -0.1) is 0 Å². The molecule has 0 amide bonds. The Morgan fingerprint density at radius 2 is 2.10 bits per heavy atom. The van der Waals surface area contributed by atoms with E-state index < -0.39 is 5.41 Å². The lowest BCUT2D eigenvalue weighted by Crippen LogP contribution is -2.21. The van der Waals surface area contributed by atoms with Crippen molar-refractivity contribution in [2.45, 2.75) is 38.5 Å². The van der Waals surface area contributed by atoms with E-state index in [9.17, 15) is 4.39 Å². The highest BCUT2D eigenvalue weighted by Crippen LogP contribution is 2.44. The number of halogens is 1. The minimum absolute atomic E-state index is 0.137. The van der Waals surface area contributed by atoms with Crippen molar-refractivity contribution in [3.8, 4) is 0 Å². The predicted molar refractivity (Wildman–Crippen MR) is 45.7 cm³/mol. The molecule has 0 aromatic rings. The number of rotatable bonds is 3. The van der Waals surface area contributed by atoms with Crippen molar-refractivity contribution in [1.29, 1.82) is 0 Å². The molecule has 0 aliphatic heterocycles. The van der Waals surface area contributed by atoms with Crippen molar-refractivity contribution >= 4 is 9.24 Å². The van der Waals surface area contributed by atoms with Gasteiger partial charge in [0.1, 0.15) is 5.41 Å². The number of hydrogen-bond donors (Lipinski definition) is 0. The van der Waals surface area contributed by atoms with Crippen LogP contribution in [0.5, 0.6) is 0 Å². The molecule has 0 heterocycles. The molecule has 0 saturated heterocycles. The summed E-state index contributed by atoms with van der Waals surface area (Å²) in [6, 6.07) is 0. The van der Waals surface area contributed by atoms with E-state index in [1.807, 2.05) is 13.8 Å². The van der Waals surface area contributed by atoms with Gasteiger partial charge < -0.3 is 0 Å². The van der Waals surface area contributed by atoms with Crippen molar-refractivity contribution in [3.63, 3.8) is 0 Å². The van der Waals surface area contributed by atoms with Crippen LogP contribution in [0.15, 0.2) is 0 Å². The van der Waals surface area contributed by atoms with Crippen LogP contribution in [0.1, 0.15) is 33.1 Å². The van der Waals surface area contributed by atoms with Crippen molar-refractivity contribution in [3.05, 3.63) is 0 Å². The summed E-state index contributed by atoms with van der Waals surface area (Å²) in [4.78, 5) is 0. The van der Waals surface area contributed by atoms with Crippen molar-refractivity contribution in [2.24, 2.45) is 11.8 Å². The quantitative estimate of drug-likeness (QED) is 0.559. The van der Waals surface area contributed by atoms with E-state index in [0.717, 1.165) is 6.42 Å². The first-order valence-corrected chi connectivity index (χ1v) is 4.58. The summed E-state index contributed by atoms with van der Waals surface area (Å²) < 4.78 is 13.5. The average molecular weight is 162 g/mol. The highest BCUT2D eigenvalue weighted by atomic mass is 31.0. The first-order chi connectivity index (χ1) is 4.52. The second kappa shape index (κ2) is 2.77. The largest absolute Gasteiger partial charge is 0.239 e. The lowest BCUT2D eigenvalue weighted by Gasteiger charge is -2.24. The third-order valence-electron chi connectivity index (χ3n) is 2.26. The van der Waals surface area contributed by atoms with Gasteiger partial charge in [-0.05, 0) is 18.3 Å². The van der Waals surface area contributed by atoms with Crippen LogP contribution in [0.25, 0.3) is 0 Å². The molecule has 0 radical (unpaired) electrons. The molecule has 10 heavy (non-hydrogen) atoms. The normalized spacial score (nSPS) is 24.9. The van der Waals surface area contributed by atoms with E-state index in [2.05, 4.69) is 9.24 Å². The van der Waals surface area contributed by atoms with E-state index in [1.165, 1.54) is 12.8 Å². The SMILES string of the molecule is CC(C)C(F)(P)CC1CC1. The van der Waals surface area contributed by atoms with Gasteiger partial charge in [-0.25, -0.2) is 4.39 Å². The summed E-state index contributed by atoms with van der Waals surface area (Å²) in [5, 5.41) is -0.999. The van der Waals surface area contributed by atoms with E-state index in [1.54, 1.807) is 0 Å². The Bertz CT molecular complexity index is 116. The molecule has 1 rings (SSSR count). The Labute approximate surface area is 64.8 Å². The Kier molecular flexibility index (Phi) is 2.34. The summed E-state index contributed by atoms with van der Waals surface area (Å²) in [6.45, 7) is 3.88. The predicted octanol–water partition coefficient (Wildman–Crippen LogP) is 2.98. The van der Waals surface area contributed by atoms with Crippen LogP contribution in [-0.2, 0) is 0 Å². The fourth-order valence-electron chi connectivity index (χ4n) is 1.00. The molecule has 0 bridgehead atoms. The Hall–Kier alpha value is 0.360. The molecule has 0 spiro atoms. The van der Waals surface area contributed by atoms with Gasteiger partial charge in [0, 0.05) is 0 Å². The van der Waals surface area contributed by atoms with E-state index in [0.29, 0.717) is 5.92 Å². The molecule has 0 N–H and O–H groups in total. The highest BCUT2D eigenvalue weighted by Gasteiger charge is 2.35. The molecule has 0 aromatic carbocycles. The second-order valence-electron chi connectivity index (χ2n) is 3.73. The lowest BCUT2D eigenvalue weighted by atomic mass is 10.0. The zero-order valence-corrected chi connectivity index (χ0v) is 7.89. The zero-order valence-electron chi connectivity index (χ0n) is 6.73. The number of hydrogen-bond acceptors (Lipinski definition) is 0. The van der Waals surface area contributed by atoms with Crippen molar-refractivity contribution in [2.75, 3.05) is 0 Å². The topological polar surface area (TPSA) is 0 Å². The molecule has 0 aromatic heterocycles. The van der Waals surface area contributed by atoms with Crippen LogP contribution in [0.3, 0.4) is 0 Å². The van der Waals surface area contributed by atoms with Gasteiger partial charge >= 0.3 is 0 Å². The Balaban J connectivity index is 2.33. The second-order valence-corrected chi connectivity index (χ2v) is 4.69. The van der Waals surface area contributed by atoms with Crippen LogP contribution >= 0.6 is 9.24 Å². The molecule has 1 fully saturated rings. The van der Waals surface area contributed by atoms with E-state index >= 15 is 0 Å². The Morgan fingerprint density at radius 3 is 2.40 bits per heavy atom. The maximum Gasteiger partial charge on any atom is 0.126 e. The maximum absolute atomic E-state index is 13.5. The van der Waals surface area contributed by atoms with E-state index in [4.69, 9.17) is 0 Å². The van der Waals surface area contributed by atoms with Crippen LogP contribution < -0.4 is 0 Å². The number of alkyl halides is 1. The fourth-order valence-corrected chi connectivity index (χ4v) is 1.33. The third-order valence-corrected chi connectivity index (χ3v) is 3.16. The van der Waals surface area contributed by atoms with Gasteiger partial charge in [-0.3, -0.25) is 0 Å². The van der Waals surface area contributed by atoms with Crippen LogP contribution in [-0.4, -0.2) is 5.41 Å². The molecule has 1 saturated carbocycles. The molecule has 2 heteroatoms. The zero-order chi connectivity index (χ0) is 7.78. The summed E-state index contributed by atoms with van der Waals surface area (Å²) >= 11 is 0. The van der Waals surface area contributed by atoms with Crippen molar-refractivity contribution < 1.29 is 4.39 Å². The lowest BCUT2D eigenvalue weighted by molar-refractivity contribution is 0.188. The fraction of sp³-hybridized carbons (Fsp3) is 1.00. The average Bonchev–Trinajstić information content (AvgIpc) is 2.48. The van der Waals surface area contributed by atoms with E-state index in [-0.39, 0.29) is 5.92 Å². The molecule has 2 atom stereocenters. The molecule has 60 valence electrons. The highest BCUT2D eigenvalue weighted by molar-refractivity contribution is 7.18. The van der Waals surface area contributed by atoms with Gasteiger partial charge in [-0.2, -0.15) is 0 Å². The molecule has 1 aliphatic carbocycles. The van der Waals surface area contributed by atoms with Crippen LogP contribution in [0.2, 0.25) is 0 Å². The van der Waals surface area contributed by atoms with Crippen LogP contribution in [0, 0.1) is 11.8 Å². The molecular formula is C8H16FP. The van der Waals surface area contributed by atoms with Gasteiger partial charge in [-0.1, -0.05) is 35.9 Å². The maximum atomic E-state index is 13.5. The molecule has 2 unspecified atom stereocenters. The van der Waals surface area contributed by atoms with Crippen LogP contribution in [0.4, 0.5) is 4.39 Å². The summed E-state index contributed by atoms with van der Waals surface area (Å²) in [5.41, 5.74) is 0. The van der Waals surface area contributed by atoms with Gasteiger partial charge in [0.25, 0.3) is 0 Å². The van der Waals surface area contributed by atoms with Gasteiger partial charge in [0.05, 0.1) is 0 Å². The van der Waals surface area contributed by atoms with Gasteiger partial charge in [0.2, 0.25) is 0 Å².